The predicted octanol–water partition coefficient (Wildman–Crippen LogP) is 2.06. The summed E-state index contributed by atoms with van der Waals surface area (Å²) in [4.78, 5) is 23.7. The fourth-order valence-electron chi connectivity index (χ4n) is 2.11. The normalized spacial score (nSPS) is 22.4. The van der Waals surface area contributed by atoms with E-state index in [2.05, 4.69) is 0 Å². The van der Waals surface area contributed by atoms with Gasteiger partial charge in [0.2, 0.25) is 0 Å². The molecule has 18 heavy (non-hydrogen) atoms. The topological polar surface area (TPSA) is 52.6 Å². The van der Waals surface area contributed by atoms with Crippen LogP contribution in [0.1, 0.15) is 28.8 Å². The molecule has 0 fully saturated rings. The molecule has 1 aliphatic heterocycles. The number of hydrogen-bond acceptors (Lipinski definition) is 4. The van der Waals surface area contributed by atoms with Gasteiger partial charge in [0, 0.05) is 0 Å². The molecule has 0 bridgehead atoms. The number of allylic oxidation sites excluding steroid dienone is 1. The number of hydrogen-bond donors (Lipinski definition) is 0. The molecule has 0 N–H and O–H groups in total. The molecule has 0 spiro atoms. The van der Waals surface area contributed by atoms with Crippen molar-refractivity contribution in [3.05, 3.63) is 47.5 Å². The summed E-state index contributed by atoms with van der Waals surface area (Å²) in [6.45, 7) is 1.81. The summed E-state index contributed by atoms with van der Waals surface area (Å²) < 4.78 is 10.1. The molecule has 0 unspecified atom stereocenters. The molecule has 94 valence electrons. The zero-order valence-corrected chi connectivity index (χ0v) is 10.3. The summed E-state index contributed by atoms with van der Waals surface area (Å²) in [6, 6.07) is 6.94. The lowest BCUT2D eigenvalue weighted by Gasteiger charge is -2.29. The molecule has 0 aliphatic carbocycles. The van der Waals surface area contributed by atoms with Gasteiger partial charge in [-0.1, -0.05) is 24.3 Å². The maximum Gasteiger partial charge on any atom is 0.339 e. The van der Waals surface area contributed by atoms with Crippen molar-refractivity contribution in [1.82, 2.24) is 0 Å². The standard InChI is InChI=1S/C14H14O4/c1-3-6-11-12(14(16)17-2)9-7-4-5-8-10(9)13(15)18-11/h3-8,11-12H,1-2H3/b6-3+/t11-,12+/m0/s1. The maximum absolute atomic E-state index is 11.9. The molecule has 0 saturated carbocycles. The van der Waals surface area contributed by atoms with Crippen LogP contribution in [-0.2, 0) is 14.3 Å². The highest BCUT2D eigenvalue weighted by Crippen LogP contribution is 2.32. The summed E-state index contributed by atoms with van der Waals surface area (Å²) in [6.07, 6.45) is 2.84. The Labute approximate surface area is 105 Å². The smallest absolute Gasteiger partial charge is 0.339 e. The van der Waals surface area contributed by atoms with E-state index < -0.39 is 24.0 Å². The molecule has 2 atom stereocenters. The van der Waals surface area contributed by atoms with Gasteiger partial charge in [-0.15, -0.1) is 0 Å². The van der Waals surface area contributed by atoms with Gasteiger partial charge in [0.15, 0.2) is 0 Å². The Morgan fingerprint density at radius 3 is 2.78 bits per heavy atom. The van der Waals surface area contributed by atoms with E-state index in [-0.39, 0.29) is 0 Å². The van der Waals surface area contributed by atoms with Gasteiger partial charge in [-0.2, -0.15) is 0 Å². The number of methoxy groups -OCH3 is 1. The fourth-order valence-corrected chi connectivity index (χ4v) is 2.11. The van der Waals surface area contributed by atoms with E-state index in [1.807, 2.05) is 6.92 Å². The van der Waals surface area contributed by atoms with Crippen molar-refractivity contribution >= 4 is 11.9 Å². The summed E-state index contributed by atoms with van der Waals surface area (Å²) in [7, 11) is 1.33. The van der Waals surface area contributed by atoms with Crippen molar-refractivity contribution in [2.75, 3.05) is 7.11 Å². The monoisotopic (exact) mass is 246 g/mol. The third kappa shape index (κ3) is 2.01. The zero-order valence-electron chi connectivity index (χ0n) is 10.3. The van der Waals surface area contributed by atoms with Crippen LogP contribution in [-0.4, -0.2) is 25.2 Å². The van der Waals surface area contributed by atoms with Crippen LogP contribution in [0.15, 0.2) is 36.4 Å². The second kappa shape index (κ2) is 5.04. The molecule has 0 aromatic heterocycles. The van der Waals surface area contributed by atoms with Crippen molar-refractivity contribution in [1.29, 1.82) is 0 Å². The van der Waals surface area contributed by atoms with E-state index in [0.717, 1.165) is 0 Å². The highest BCUT2D eigenvalue weighted by molar-refractivity contribution is 5.96. The van der Waals surface area contributed by atoms with Crippen molar-refractivity contribution in [2.45, 2.75) is 18.9 Å². The SMILES string of the molecule is C/C=C/[C@@H]1OC(=O)c2ccccc2[C@H]1C(=O)OC. The third-order valence-corrected chi connectivity index (χ3v) is 2.92. The molecule has 0 radical (unpaired) electrons. The number of carbonyl (C=O) groups excluding carboxylic acids is 2. The number of ether oxygens (including phenoxy) is 2. The quantitative estimate of drug-likeness (QED) is 0.592. The molecule has 1 aliphatic rings. The minimum Gasteiger partial charge on any atom is -0.468 e. The largest absolute Gasteiger partial charge is 0.468 e. The van der Waals surface area contributed by atoms with Gasteiger partial charge in [-0.3, -0.25) is 4.79 Å². The molecular weight excluding hydrogens is 232 g/mol. The minimum absolute atomic E-state index is 0.405. The molecule has 0 amide bonds. The van der Waals surface area contributed by atoms with Gasteiger partial charge >= 0.3 is 11.9 Å². The first-order chi connectivity index (χ1) is 8.69. The van der Waals surface area contributed by atoms with Gasteiger partial charge in [-0.25, -0.2) is 4.79 Å². The highest BCUT2D eigenvalue weighted by Gasteiger charge is 2.39. The highest BCUT2D eigenvalue weighted by atomic mass is 16.6. The minimum atomic E-state index is -0.607. The summed E-state index contributed by atoms with van der Waals surface area (Å²) >= 11 is 0. The van der Waals surface area contributed by atoms with Gasteiger partial charge in [0.05, 0.1) is 12.7 Å². The zero-order chi connectivity index (χ0) is 13.1. The van der Waals surface area contributed by atoms with Crippen LogP contribution in [0, 0.1) is 0 Å². The van der Waals surface area contributed by atoms with Crippen LogP contribution in [0.25, 0.3) is 0 Å². The van der Waals surface area contributed by atoms with Crippen molar-refractivity contribution in [3.63, 3.8) is 0 Å². The van der Waals surface area contributed by atoms with Gasteiger partial charge < -0.3 is 9.47 Å². The lowest BCUT2D eigenvalue weighted by Crippen LogP contribution is -2.36. The van der Waals surface area contributed by atoms with E-state index in [1.54, 1.807) is 36.4 Å². The number of benzene rings is 1. The van der Waals surface area contributed by atoms with Crippen LogP contribution in [0.2, 0.25) is 0 Å². The Morgan fingerprint density at radius 1 is 1.39 bits per heavy atom. The molecule has 1 aromatic carbocycles. The molecule has 4 nitrogen and oxygen atoms in total. The first kappa shape index (κ1) is 12.4. The Hall–Kier alpha value is -2.10. The fraction of sp³-hybridized carbons (Fsp3) is 0.286. The van der Waals surface area contributed by atoms with E-state index in [1.165, 1.54) is 7.11 Å². The molecule has 1 aromatic rings. The Morgan fingerprint density at radius 2 is 2.11 bits per heavy atom. The van der Waals surface area contributed by atoms with Crippen molar-refractivity contribution in [3.8, 4) is 0 Å². The lowest BCUT2D eigenvalue weighted by molar-refractivity contribution is -0.144. The van der Waals surface area contributed by atoms with E-state index >= 15 is 0 Å². The van der Waals surface area contributed by atoms with E-state index in [4.69, 9.17) is 9.47 Å². The Kier molecular flexibility index (Phi) is 3.46. The van der Waals surface area contributed by atoms with Crippen molar-refractivity contribution < 1.29 is 19.1 Å². The van der Waals surface area contributed by atoms with Crippen LogP contribution in [0.4, 0.5) is 0 Å². The van der Waals surface area contributed by atoms with Gasteiger partial charge in [0.1, 0.15) is 12.0 Å². The molecule has 1 heterocycles. The predicted molar refractivity (Wildman–Crippen MR) is 65.2 cm³/mol. The van der Waals surface area contributed by atoms with Crippen LogP contribution >= 0.6 is 0 Å². The molecule has 0 saturated heterocycles. The molecular formula is C14H14O4. The van der Waals surface area contributed by atoms with Crippen LogP contribution in [0.3, 0.4) is 0 Å². The number of fused-ring (bicyclic) bond motifs is 1. The number of rotatable bonds is 2. The first-order valence-corrected chi connectivity index (χ1v) is 5.69. The number of carbonyl (C=O) groups is 2. The summed E-state index contributed by atoms with van der Waals surface area (Å²) in [5.74, 6) is -1.41. The van der Waals surface area contributed by atoms with Gasteiger partial charge in [0.25, 0.3) is 0 Å². The van der Waals surface area contributed by atoms with Gasteiger partial charge in [-0.05, 0) is 24.6 Å². The second-order valence-corrected chi connectivity index (χ2v) is 3.98. The Bertz CT molecular complexity index is 504. The first-order valence-electron chi connectivity index (χ1n) is 5.69. The molecule has 2 rings (SSSR count). The summed E-state index contributed by atoms with van der Waals surface area (Å²) in [5, 5.41) is 0. The van der Waals surface area contributed by atoms with E-state index in [0.29, 0.717) is 11.1 Å². The number of esters is 2. The molecule has 4 heteroatoms. The second-order valence-electron chi connectivity index (χ2n) is 3.98. The van der Waals surface area contributed by atoms with Crippen LogP contribution < -0.4 is 0 Å². The Balaban J connectivity index is 2.52. The average Bonchev–Trinajstić information content (AvgIpc) is 2.39. The summed E-state index contributed by atoms with van der Waals surface area (Å²) in [5.41, 5.74) is 1.08. The van der Waals surface area contributed by atoms with Crippen LogP contribution in [0.5, 0.6) is 0 Å². The average molecular weight is 246 g/mol. The maximum atomic E-state index is 11.9. The lowest BCUT2D eigenvalue weighted by atomic mass is 9.87. The van der Waals surface area contributed by atoms with Crippen molar-refractivity contribution in [2.24, 2.45) is 0 Å². The third-order valence-electron chi connectivity index (χ3n) is 2.92. The van der Waals surface area contributed by atoms with E-state index in [9.17, 15) is 9.59 Å². The number of cyclic esters (lactones) is 1.